The molecule has 1 saturated heterocycles. The summed E-state index contributed by atoms with van der Waals surface area (Å²) >= 11 is 12.7. The fraction of sp³-hybridized carbons (Fsp3) is 0.545. The van der Waals surface area contributed by atoms with Crippen molar-refractivity contribution in [3.8, 4) is 0 Å². The van der Waals surface area contributed by atoms with Crippen molar-refractivity contribution in [2.45, 2.75) is 32.4 Å². The number of benzene rings is 1. The van der Waals surface area contributed by atoms with Crippen LogP contribution in [0.2, 0.25) is 10.0 Å². The van der Waals surface area contributed by atoms with Crippen molar-refractivity contribution in [1.29, 1.82) is 0 Å². The zero-order valence-corrected chi connectivity index (χ0v) is 21.5. The van der Waals surface area contributed by atoms with Gasteiger partial charge in [-0.2, -0.15) is 0 Å². The van der Waals surface area contributed by atoms with E-state index in [9.17, 15) is 19.2 Å². The van der Waals surface area contributed by atoms with E-state index in [0.717, 1.165) is 12.8 Å². The number of morpholine rings is 1. The molecule has 2 rings (SSSR count). The second-order valence-electron chi connectivity index (χ2n) is 8.59. The molecule has 0 aromatic heterocycles. The lowest BCUT2D eigenvalue weighted by atomic mass is 10.1. The van der Waals surface area contributed by atoms with Crippen molar-refractivity contribution in [1.82, 2.24) is 16.0 Å². The van der Waals surface area contributed by atoms with E-state index < -0.39 is 42.1 Å². The van der Waals surface area contributed by atoms with Gasteiger partial charge >= 0.3 is 12.1 Å². The fourth-order valence-corrected chi connectivity index (χ4v) is 3.74. The van der Waals surface area contributed by atoms with E-state index in [2.05, 4.69) is 16.0 Å². The van der Waals surface area contributed by atoms with E-state index in [0.29, 0.717) is 26.3 Å². The van der Waals surface area contributed by atoms with Crippen molar-refractivity contribution >= 4 is 52.8 Å². The summed E-state index contributed by atoms with van der Waals surface area (Å²) in [6.07, 6.45) is -0.768. The van der Waals surface area contributed by atoms with Crippen LogP contribution in [0.5, 0.6) is 0 Å². The van der Waals surface area contributed by atoms with Crippen molar-refractivity contribution < 1.29 is 33.4 Å². The quantitative estimate of drug-likeness (QED) is 0.431. The van der Waals surface area contributed by atoms with Crippen LogP contribution in [0.25, 0.3) is 0 Å². The molecule has 0 bridgehead atoms. The lowest BCUT2D eigenvalue weighted by Gasteiger charge is -2.29. The highest BCUT2D eigenvalue weighted by Gasteiger charge is 2.26. The first kappa shape index (κ1) is 28.5. The number of methoxy groups -OCH3 is 1. The number of nitrogens with one attached hydrogen (secondary N) is 3. The highest BCUT2D eigenvalue weighted by Crippen LogP contribution is 2.31. The zero-order chi connectivity index (χ0) is 26.2. The number of nitrogens with zero attached hydrogens (tertiary/aromatic N) is 1. The maximum Gasteiger partial charge on any atom is 0.408 e. The summed E-state index contributed by atoms with van der Waals surface area (Å²) in [6.45, 7) is 6.82. The number of amides is 3. The third kappa shape index (κ3) is 9.08. The zero-order valence-electron chi connectivity index (χ0n) is 20.0. The molecule has 11 nitrogen and oxygen atoms in total. The molecule has 1 aliphatic rings. The Morgan fingerprint density at radius 2 is 1.69 bits per heavy atom. The molecule has 13 heteroatoms. The van der Waals surface area contributed by atoms with Crippen LogP contribution in [-0.4, -0.2) is 82.0 Å². The molecule has 35 heavy (non-hydrogen) atoms. The molecule has 1 aliphatic heterocycles. The summed E-state index contributed by atoms with van der Waals surface area (Å²) in [6, 6.07) is 2.00. The van der Waals surface area contributed by atoms with Crippen molar-refractivity contribution in [2.24, 2.45) is 0 Å². The van der Waals surface area contributed by atoms with Gasteiger partial charge in [0.15, 0.2) is 0 Å². The molecule has 3 amide bonds. The Balaban J connectivity index is 2.00. The molecule has 194 valence electrons. The molecule has 0 radical (unpaired) electrons. The second kappa shape index (κ2) is 12.8. The highest BCUT2D eigenvalue weighted by atomic mass is 35.5. The first-order valence-corrected chi connectivity index (χ1v) is 11.6. The topological polar surface area (TPSA) is 135 Å². The normalized spacial score (nSPS) is 14.5. The first-order chi connectivity index (χ1) is 16.4. The Morgan fingerprint density at radius 3 is 2.23 bits per heavy atom. The van der Waals surface area contributed by atoms with Gasteiger partial charge in [0.05, 0.1) is 42.5 Å². The largest absolute Gasteiger partial charge is 0.467 e. The number of anilines is 1. The molecule has 1 heterocycles. The average molecular weight is 533 g/mol. The summed E-state index contributed by atoms with van der Waals surface area (Å²) in [5, 5.41) is 7.42. The monoisotopic (exact) mass is 532 g/mol. The van der Waals surface area contributed by atoms with Gasteiger partial charge in [0.1, 0.15) is 11.6 Å². The van der Waals surface area contributed by atoms with E-state index in [1.54, 1.807) is 32.9 Å². The maximum absolute atomic E-state index is 12.9. The summed E-state index contributed by atoms with van der Waals surface area (Å²) in [4.78, 5) is 50.8. The smallest absolute Gasteiger partial charge is 0.408 e. The van der Waals surface area contributed by atoms with Crippen LogP contribution >= 0.6 is 23.2 Å². The molecule has 1 aromatic carbocycles. The molecule has 1 fully saturated rings. The van der Waals surface area contributed by atoms with E-state index in [1.807, 2.05) is 4.90 Å². The molecule has 3 N–H and O–H groups in total. The predicted molar refractivity (Wildman–Crippen MR) is 130 cm³/mol. The number of alkyl carbamates (subject to hydrolysis) is 1. The standard InChI is InChI=1S/C22H30Cl2N4O7/c1-22(2,3)35-21(32)26-12-17(29)25-11-16(20(31)33-4)27-19(30)18-14(23)9-13(10-15(18)24)28-5-7-34-8-6-28/h9-10,16H,5-8,11-12H2,1-4H3,(H,25,29)(H,26,32)(H,27,30). The maximum atomic E-state index is 12.9. The number of hydrogen-bond donors (Lipinski definition) is 3. The van der Waals surface area contributed by atoms with Crippen molar-refractivity contribution in [3.05, 3.63) is 27.7 Å². The molecular weight excluding hydrogens is 503 g/mol. The first-order valence-electron chi connectivity index (χ1n) is 10.8. The predicted octanol–water partition coefficient (Wildman–Crippen LogP) is 1.74. The van der Waals surface area contributed by atoms with Gasteiger partial charge in [-0.25, -0.2) is 9.59 Å². The lowest BCUT2D eigenvalue weighted by Crippen LogP contribution is -2.50. The molecular formula is C22H30Cl2N4O7. The molecule has 0 saturated carbocycles. The van der Waals surface area contributed by atoms with Crippen molar-refractivity contribution in [2.75, 3.05) is 51.4 Å². The number of rotatable bonds is 8. The van der Waals surface area contributed by atoms with Gasteiger partial charge in [0.2, 0.25) is 5.91 Å². The van der Waals surface area contributed by atoms with Crippen LogP contribution in [-0.2, 0) is 23.8 Å². The van der Waals surface area contributed by atoms with Gasteiger partial charge < -0.3 is 35.1 Å². The van der Waals surface area contributed by atoms with Gasteiger partial charge in [-0.15, -0.1) is 0 Å². The minimum Gasteiger partial charge on any atom is -0.467 e. The molecule has 1 unspecified atom stereocenters. The van der Waals surface area contributed by atoms with Gasteiger partial charge in [-0.05, 0) is 32.9 Å². The Bertz CT molecular complexity index is 923. The van der Waals surface area contributed by atoms with Crippen LogP contribution in [0.1, 0.15) is 31.1 Å². The summed E-state index contributed by atoms with van der Waals surface area (Å²) < 4.78 is 15.1. The summed E-state index contributed by atoms with van der Waals surface area (Å²) in [5.41, 5.74) is 0.00955. The third-order valence-corrected chi connectivity index (χ3v) is 5.31. The van der Waals surface area contributed by atoms with E-state index in [1.165, 1.54) is 0 Å². The molecule has 0 aliphatic carbocycles. The second-order valence-corrected chi connectivity index (χ2v) is 9.41. The van der Waals surface area contributed by atoms with E-state index >= 15 is 0 Å². The van der Waals surface area contributed by atoms with Crippen LogP contribution in [0.15, 0.2) is 12.1 Å². The number of carbonyl (C=O) groups is 4. The number of carbonyl (C=O) groups excluding carboxylic acids is 4. The Morgan fingerprint density at radius 1 is 1.09 bits per heavy atom. The molecule has 0 spiro atoms. The fourth-order valence-electron chi connectivity index (χ4n) is 3.09. The number of halogens is 2. The third-order valence-electron chi connectivity index (χ3n) is 4.72. The Hall–Kier alpha value is -2.76. The van der Waals surface area contributed by atoms with Gasteiger partial charge in [0.25, 0.3) is 5.91 Å². The van der Waals surface area contributed by atoms with Gasteiger partial charge in [0, 0.05) is 25.3 Å². The lowest BCUT2D eigenvalue weighted by molar-refractivity contribution is -0.142. The number of hydrogen-bond acceptors (Lipinski definition) is 8. The van der Waals surface area contributed by atoms with E-state index in [-0.39, 0.29) is 22.2 Å². The molecule has 1 atom stereocenters. The Kier molecular flexibility index (Phi) is 10.4. The summed E-state index contributed by atoms with van der Waals surface area (Å²) in [7, 11) is 1.14. The summed E-state index contributed by atoms with van der Waals surface area (Å²) in [5.74, 6) is -2.12. The Labute approximate surface area is 213 Å². The number of ether oxygens (including phenoxy) is 3. The van der Waals surface area contributed by atoms with E-state index in [4.69, 9.17) is 37.4 Å². The van der Waals surface area contributed by atoms with Crippen LogP contribution in [0, 0.1) is 0 Å². The van der Waals surface area contributed by atoms with Crippen LogP contribution < -0.4 is 20.9 Å². The van der Waals surface area contributed by atoms with Crippen molar-refractivity contribution in [3.63, 3.8) is 0 Å². The average Bonchev–Trinajstić information content (AvgIpc) is 2.78. The van der Waals surface area contributed by atoms with Crippen LogP contribution in [0.3, 0.4) is 0 Å². The minimum atomic E-state index is -1.23. The minimum absolute atomic E-state index is 0.0165. The highest BCUT2D eigenvalue weighted by molar-refractivity contribution is 6.40. The van der Waals surface area contributed by atoms with Gasteiger partial charge in [-0.3, -0.25) is 9.59 Å². The van der Waals surface area contributed by atoms with Crippen LogP contribution in [0.4, 0.5) is 10.5 Å². The molecule has 1 aromatic rings. The SMILES string of the molecule is COC(=O)C(CNC(=O)CNC(=O)OC(C)(C)C)NC(=O)c1c(Cl)cc(N2CCOCC2)cc1Cl. The number of esters is 1. The van der Waals surface area contributed by atoms with Gasteiger partial charge in [-0.1, -0.05) is 23.2 Å².